The first-order valence-corrected chi connectivity index (χ1v) is 8.17. The molecule has 0 fully saturated rings. The molecule has 0 radical (unpaired) electrons. The highest BCUT2D eigenvalue weighted by Gasteiger charge is 2.16. The Labute approximate surface area is 156 Å². The van der Waals surface area contributed by atoms with E-state index in [0.717, 1.165) is 0 Å². The number of aryl methyl sites for hydroxylation is 2. The van der Waals surface area contributed by atoms with Gasteiger partial charge in [-0.3, -0.25) is 4.79 Å². The van der Waals surface area contributed by atoms with Crippen molar-refractivity contribution in [3.63, 3.8) is 0 Å². The number of nitriles is 1. The monoisotopic (exact) mass is 369 g/mol. The lowest BCUT2D eigenvalue weighted by Crippen LogP contribution is -2.15. The third-order valence-electron chi connectivity index (χ3n) is 3.48. The van der Waals surface area contributed by atoms with E-state index in [2.05, 4.69) is 5.10 Å². The summed E-state index contributed by atoms with van der Waals surface area (Å²) in [6.45, 7) is 5.10. The molecule has 0 aliphatic heterocycles. The fourth-order valence-electron chi connectivity index (χ4n) is 2.40. The number of carbonyl (C=O) groups is 2. The van der Waals surface area contributed by atoms with Crippen molar-refractivity contribution in [2.75, 3.05) is 13.2 Å². The van der Waals surface area contributed by atoms with Crippen molar-refractivity contribution in [1.29, 1.82) is 5.26 Å². The van der Waals surface area contributed by atoms with Crippen LogP contribution in [0.25, 0.3) is 6.08 Å². The normalized spacial score (nSPS) is 11.0. The minimum atomic E-state index is -1.11. The molecule has 2 aromatic rings. The second-order valence-electron chi connectivity index (χ2n) is 5.64. The number of aliphatic carboxylic acids is 1. The molecule has 1 aromatic heterocycles. The fraction of sp³-hybridized carbons (Fsp3) is 0.263. The molecule has 0 atom stereocenters. The topological polar surface area (TPSA) is 114 Å². The maximum Gasteiger partial charge on any atom is 0.341 e. The predicted molar refractivity (Wildman–Crippen MR) is 96.7 cm³/mol. The zero-order valence-corrected chi connectivity index (χ0v) is 15.2. The van der Waals surface area contributed by atoms with Crippen LogP contribution in [-0.2, 0) is 4.79 Å². The Morgan fingerprint density at radius 2 is 2.00 bits per heavy atom. The van der Waals surface area contributed by atoms with Crippen LogP contribution >= 0.6 is 0 Å². The molecule has 0 unspecified atom stereocenters. The fourth-order valence-corrected chi connectivity index (χ4v) is 2.40. The van der Waals surface area contributed by atoms with Crippen LogP contribution in [0.15, 0.2) is 29.8 Å². The largest absolute Gasteiger partial charge is 0.490 e. The first-order chi connectivity index (χ1) is 12.8. The lowest BCUT2D eigenvalue weighted by atomic mass is 10.1. The predicted octanol–water partition coefficient (Wildman–Crippen LogP) is 2.61. The number of aromatic nitrogens is 2. The van der Waals surface area contributed by atoms with Gasteiger partial charge in [0, 0.05) is 5.69 Å². The first-order valence-electron chi connectivity index (χ1n) is 8.17. The van der Waals surface area contributed by atoms with Gasteiger partial charge < -0.3 is 14.6 Å². The molecule has 0 saturated carbocycles. The zero-order valence-electron chi connectivity index (χ0n) is 15.2. The zero-order chi connectivity index (χ0) is 20.0. The number of carbonyl (C=O) groups excluding carboxylic acids is 1. The Morgan fingerprint density at radius 3 is 2.56 bits per heavy atom. The molecule has 0 saturated heterocycles. The smallest absolute Gasteiger partial charge is 0.341 e. The summed E-state index contributed by atoms with van der Waals surface area (Å²) in [5.74, 6) is -1.06. The molecular weight excluding hydrogens is 350 g/mol. The molecule has 0 aliphatic rings. The van der Waals surface area contributed by atoms with E-state index in [1.807, 2.05) is 6.07 Å². The molecular formula is C19H19N3O5. The number of hydrogen-bond acceptors (Lipinski definition) is 6. The summed E-state index contributed by atoms with van der Waals surface area (Å²) in [5.41, 5.74) is 1.75. The van der Waals surface area contributed by atoms with Gasteiger partial charge in [-0.05, 0) is 50.6 Å². The van der Waals surface area contributed by atoms with E-state index in [4.69, 9.17) is 14.6 Å². The van der Waals surface area contributed by atoms with Crippen molar-refractivity contribution in [3.05, 3.63) is 46.8 Å². The maximum atomic E-state index is 12.6. The number of allylic oxidation sites excluding steroid dienone is 1. The summed E-state index contributed by atoms with van der Waals surface area (Å²) in [6.07, 6.45) is 1.42. The molecule has 8 nitrogen and oxygen atoms in total. The van der Waals surface area contributed by atoms with E-state index < -0.39 is 18.5 Å². The summed E-state index contributed by atoms with van der Waals surface area (Å²) < 4.78 is 11.8. The lowest BCUT2D eigenvalue weighted by Gasteiger charge is -2.11. The molecule has 27 heavy (non-hydrogen) atoms. The number of carboxylic acid groups (broad SMARTS) is 1. The SMILES string of the molecule is CCOc1cc(/C=C(\C#N)C(=O)n2nc(C)cc2C)ccc1OCC(=O)O. The second-order valence-corrected chi connectivity index (χ2v) is 5.64. The Morgan fingerprint density at radius 1 is 1.26 bits per heavy atom. The van der Waals surface area contributed by atoms with Crippen LogP contribution in [0, 0.1) is 25.2 Å². The van der Waals surface area contributed by atoms with Crippen LogP contribution < -0.4 is 9.47 Å². The van der Waals surface area contributed by atoms with Crippen LogP contribution in [0.5, 0.6) is 11.5 Å². The van der Waals surface area contributed by atoms with Crippen LogP contribution in [-0.4, -0.2) is 40.0 Å². The Hall–Kier alpha value is -3.60. The summed E-state index contributed by atoms with van der Waals surface area (Å²) in [7, 11) is 0. The van der Waals surface area contributed by atoms with Crippen molar-refractivity contribution in [2.45, 2.75) is 20.8 Å². The molecule has 8 heteroatoms. The maximum absolute atomic E-state index is 12.6. The van der Waals surface area contributed by atoms with E-state index in [9.17, 15) is 14.9 Å². The Bertz CT molecular complexity index is 937. The van der Waals surface area contributed by atoms with Gasteiger partial charge in [-0.25, -0.2) is 9.48 Å². The van der Waals surface area contributed by atoms with Crippen LogP contribution in [0.3, 0.4) is 0 Å². The van der Waals surface area contributed by atoms with Gasteiger partial charge in [0.1, 0.15) is 11.6 Å². The molecule has 1 N–H and O–H groups in total. The highest BCUT2D eigenvalue weighted by Crippen LogP contribution is 2.29. The second kappa shape index (κ2) is 8.67. The summed E-state index contributed by atoms with van der Waals surface area (Å²) in [5, 5.41) is 22.2. The molecule has 0 aliphatic carbocycles. The van der Waals surface area contributed by atoms with Crippen LogP contribution in [0.1, 0.15) is 28.7 Å². The summed E-state index contributed by atoms with van der Waals surface area (Å²) in [4.78, 5) is 23.2. The van der Waals surface area contributed by atoms with E-state index >= 15 is 0 Å². The van der Waals surface area contributed by atoms with Crippen molar-refractivity contribution < 1.29 is 24.2 Å². The van der Waals surface area contributed by atoms with E-state index in [-0.39, 0.29) is 11.3 Å². The third kappa shape index (κ3) is 4.95. The molecule has 0 bridgehead atoms. The number of ether oxygens (including phenoxy) is 2. The van der Waals surface area contributed by atoms with E-state index in [1.54, 1.807) is 39.0 Å². The lowest BCUT2D eigenvalue weighted by molar-refractivity contribution is -0.139. The summed E-state index contributed by atoms with van der Waals surface area (Å²) in [6, 6.07) is 8.35. The van der Waals surface area contributed by atoms with Crippen molar-refractivity contribution >= 4 is 18.0 Å². The van der Waals surface area contributed by atoms with Gasteiger partial charge in [0.2, 0.25) is 0 Å². The first kappa shape index (κ1) is 19.7. The van der Waals surface area contributed by atoms with Gasteiger partial charge in [-0.1, -0.05) is 6.07 Å². The van der Waals surface area contributed by atoms with E-state index in [1.165, 1.54) is 16.8 Å². The van der Waals surface area contributed by atoms with Gasteiger partial charge >= 0.3 is 5.97 Å². The molecule has 1 heterocycles. The van der Waals surface area contributed by atoms with E-state index in [0.29, 0.717) is 29.3 Å². The van der Waals surface area contributed by atoms with Crippen LogP contribution in [0.2, 0.25) is 0 Å². The quantitative estimate of drug-likeness (QED) is 0.589. The van der Waals surface area contributed by atoms with Crippen molar-refractivity contribution in [2.24, 2.45) is 0 Å². The number of hydrogen-bond donors (Lipinski definition) is 1. The molecule has 0 spiro atoms. The Kier molecular flexibility index (Phi) is 6.33. The highest BCUT2D eigenvalue weighted by molar-refractivity contribution is 6.03. The standard InChI is InChI=1S/C19H19N3O5/c1-4-26-17-9-14(5-6-16(17)27-11-18(23)24)8-15(10-20)19(25)22-13(3)7-12(2)21-22/h5-9H,4,11H2,1-3H3,(H,23,24)/b15-8+. The highest BCUT2D eigenvalue weighted by atomic mass is 16.5. The minimum Gasteiger partial charge on any atom is -0.490 e. The average Bonchev–Trinajstić information content (AvgIpc) is 2.96. The van der Waals surface area contributed by atoms with Gasteiger partial charge in [0.05, 0.1) is 12.3 Å². The molecule has 140 valence electrons. The summed E-state index contributed by atoms with van der Waals surface area (Å²) >= 11 is 0. The van der Waals surface area contributed by atoms with Gasteiger partial charge in [0.25, 0.3) is 5.91 Å². The minimum absolute atomic E-state index is 0.0946. The number of nitrogens with zero attached hydrogens (tertiary/aromatic N) is 3. The van der Waals surface area contributed by atoms with Crippen molar-refractivity contribution in [1.82, 2.24) is 9.78 Å². The van der Waals surface area contributed by atoms with Gasteiger partial charge in [-0.15, -0.1) is 0 Å². The molecule has 1 aromatic carbocycles. The number of benzene rings is 1. The van der Waals surface area contributed by atoms with Crippen LogP contribution in [0.4, 0.5) is 0 Å². The van der Waals surface area contributed by atoms with Gasteiger partial charge in [-0.2, -0.15) is 10.4 Å². The molecule has 2 rings (SSSR count). The Balaban J connectivity index is 2.36. The number of rotatable bonds is 7. The number of carboxylic acids is 1. The average molecular weight is 369 g/mol. The third-order valence-corrected chi connectivity index (χ3v) is 3.48. The van der Waals surface area contributed by atoms with Crippen molar-refractivity contribution in [3.8, 4) is 17.6 Å². The van der Waals surface area contributed by atoms with Gasteiger partial charge in [0.15, 0.2) is 18.1 Å². The molecule has 0 amide bonds.